The summed E-state index contributed by atoms with van der Waals surface area (Å²) in [7, 11) is 0. The summed E-state index contributed by atoms with van der Waals surface area (Å²) in [4.78, 5) is 0. The Hall–Kier alpha value is -2.58. The molecule has 1 fully saturated rings. The highest BCUT2D eigenvalue weighted by molar-refractivity contribution is 5.74. The van der Waals surface area contributed by atoms with Crippen LogP contribution in [0.25, 0.3) is 11.3 Å². The number of rotatable bonds is 3. The van der Waals surface area contributed by atoms with Crippen molar-refractivity contribution in [2.45, 2.75) is 50.7 Å². The van der Waals surface area contributed by atoms with Gasteiger partial charge in [0.1, 0.15) is 11.4 Å². The number of benzene rings is 1. The SMILES string of the molecule is C#Cc1ccc(-c2nnc(NC3CC(C)(O)C3)c3c2CCC3)c(O)c1. The smallest absolute Gasteiger partial charge is 0.152 e. The number of hydrogen-bond acceptors (Lipinski definition) is 5. The molecule has 1 heterocycles. The molecule has 1 saturated carbocycles. The Kier molecular flexibility index (Phi) is 3.66. The van der Waals surface area contributed by atoms with Crippen LogP contribution in [0.3, 0.4) is 0 Å². The highest BCUT2D eigenvalue weighted by Crippen LogP contribution is 2.39. The minimum atomic E-state index is -0.571. The van der Waals surface area contributed by atoms with Gasteiger partial charge in [-0.05, 0) is 62.8 Å². The second kappa shape index (κ2) is 5.75. The standard InChI is InChI=1S/C20H21N3O2/c1-3-12-7-8-16(17(24)9-12)18-14-5-4-6-15(14)19(23-22-18)21-13-10-20(2,25)11-13/h1,7-9,13,24-25H,4-6,10-11H2,2H3,(H,21,23). The molecule has 4 rings (SSSR count). The van der Waals surface area contributed by atoms with Crippen LogP contribution in [0.1, 0.15) is 42.9 Å². The van der Waals surface area contributed by atoms with Crippen molar-refractivity contribution >= 4 is 5.82 Å². The van der Waals surface area contributed by atoms with E-state index in [1.54, 1.807) is 12.1 Å². The Labute approximate surface area is 147 Å². The number of hydrogen-bond donors (Lipinski definition) is 3. The first-order valence-corrected chi connectivity index (χ1v) is 8.64. The summed E-state index contributed by atoms with van der Waals surface area (Å²) >= 11 is 0. The zero-order valence-corrected chi connectivity index (χ0v) is 14.2. The molecule has 1 aromatic carbocycles. The number of nitrogens with one attached hydrogen (secondary N) is 1. The molecule has 0 bridgehead atoms. The maximum absolute atomic E-state index is 10.3. The van der Waals surface area contributed by atoms with Gasteiger partial charge < -0.3 is 15.5 Å². The van der Waals surface area contributed by atoms with E-state index in [4.69, 9.17) is 6.42 Å². The highest BCUT2D eigenvalue weighted by Gasteiger charge is 2.39. The van der Waals surface area contributed by atoms with Crippen LogP contribution in [0.2, 0.25) is 0 Å². The minimum Gasteiger partial charge on any atom is -0.507 e. The van der Waals surface area contributed by atoms with Crippen LogP contribution in [0, 0.1) is 12.3 Å². The molecule has 5 nitrogen and oxygen atoms in total. The van der Waals surface area contributed by atoms with Gasteiger partial charge in [0.2, 0.25) is 0 Å². The molecule has 0 unspecified atom stereocenters. The summed E-state index contributed by atoms with van der Waals surface area (Å²) in [5, 5.41) is 32.4. The third-order valence-electron chi connectivity index (χ3n) is 5.17. The molecule has 25 heavy (non-hydrogen) atoms. The van der Waals surface area contributed by atoms with Crippen molar-refractivity contribution in [3.63, 3.8) is 0 Å². The monoisotopic (exact) mass is 335 g/mol. The molecule has 2 aromatic rings. The van der Waals surface area contributed by atoms with Crippen molar-refractivity contribution in [1.29, 1.82) is 0 Å². The number of aromatic hydroxyl groups is 1. The maximum Gasteiger partial charge on any atom is 0.152 e. The van der Waals surface area contributed by atoms with E-state index in [-0.39, 0.29) is 11.8 Å². The molecule has 3 N–H and O–H groups in total. The number of terminal acetylenes is 1. The fraction of sp³-hybridized carbons (Fsp3) is 0.400. The van der Waals surface area contributed by atoms with E-state index in [9.17, 15) is 10.2 Å². The summed E-state index contributed by atoms with van der Waals surface area (Å²) in [5.74, 6) is 3.47. The summed E-state index contributed by atoms with van der Waals surface area (Å²) in [6, 6.07) is 5.44. The lowest BCUT2D eigenvalue weighted by Gasteiger charge is -2.41. The Balaban J connectivity index is 1.68. The van der Waals surface area contributed by atoms with Crippen LogP contribution in [0.5, 0.6) is 5.75 Å². The number of aliphatic hydroxyl groups is 1. The Morgan fingerprint density at radius 3 is 2.68 bits per heavy atom. The largest absolute Gasteiger partial charge is 0.507 e. The summed E-state index contributed by atoms with van der Waals surface area (Å²) in [6.07, 6.45) is 9.76. The normalized spacial score (nSPS) is 24.3. The lowest BCUT2D eigenvalue weighted by Crippen LogP contribution is -2.48. The Morgan fingerprint density at radius 1 is 1.24 bits per heavy atom. The van der Waals surface area contributed by atoms with Gasteiger partial charge in [-0.2, -0.15) is 0 Å². The zero-order chi connectivity index (χ0) is 17.6. The molecule has 0 aliphatic heterocycles. The van der Waals surface area contributed by atoms with Crippen molar-refractivity contribution in [2.75, 3.05) is 5.32 Å². The fourth-order valence-electron chi connectivity index (χ4n) is 3.94. The molecular weight excluding hydrogens is 314 g/mol. The first-order valence-electron chi connectivity index (χ1n) is 8.64. The number of fused-ring (bicyclic) bond motifs is 1. The van der Waals surface area contributed by atoms with Crippen molar-refractivity contribution < 1.29 is 10.2 Å². The summed E-state index contributed by atoms with van der Waals surface area (Å²) < 4.78 is 0. The lowest BCUT2D eigenvalue weighted by molar-refractivity contribution is -0.0235. The number of anilines is 1. The lowest BCUT2D eigenvalue weighted by atomic mass is 9.77. The molecule has 2 aliphatic rings. The van der Waals surface area contributed by atoms with Gasteiger partial charge in [0.25, 0.3) is 0 Å². The van der Waals surface area contributed by atoms with Crippen LogP contribution >= 0.6 is 0 Å². The van der Waals surface area contributed by atoms with Gasteiger partial charge in [0.15, 0.2) is 5.82 Å². The van der Waals surface area contributed by atoms with Gasteiger partial charge in [0.05, 0.1) is 5.60 Å². The van der Waals surface area contributed by atoms with Crippen molar-refractivity contribution in [3.05, 3.63) is 34.9 Å². The van der Waals surface area contributed by atoms with E-state index in [1.807, 2.05) is 13.0 Å². The number of phenols is 1. The molecule has 0 saturated heterocycles. The van der Waals surface area contributed by atoms with E-state index in [0.29, 0.717) is 11.1 Å². The van der Waals surface area contributed by atoms with Crippen LogP contribution < -0.4 is 5.32 Å². The molecular formula is C20H21N3O2. The number of aromatic nitrogens is 2. The molecule has 0 radical (unpaired) electrons. The predicted octanol–water partition coefficient (Wildman–Crippen LogP) is 2.64. The predicted molar refractivity (Wildman–Crippen MR) is 96.4 cm³/mol. The van der Waals surface area contributed by atoms with Crippen molar-refractivity contribution in [1.82, 2.24) is 10.2 Å². The van der Waals surface area contributed by atoms with E-state index in [1.165, 1.54) is 5.56 Å². The topological polar surface area (TPSA) is 78.3 Å². The first-order chi connectivity index (χ1) is 12.0. The van der Waals surface area contributed by atoms with E-state index < -0.39 is 5.60 Å². The van der Waals surface area contributed by atoms with E-state index >= 15 is 0 Å². The van der Waals surface area contributed by atoms with E-state index in [0.717, 1.165) is 49.2 Å². The average molecular weight is 335 g/mol. The maximum atomic E-state index is 10.3. The van der Waals surface area contributed by atoms with Gasteiger partial charge in [-0.15, -0.1) is 16.6 Å². The van der Waals surface area contributed by atoms with Crippen molar-refractivity contribution in [3.8, 4) is 29.4 Å². The first kappa shape index (κ1) is 15.9. The second-order valence-corrected chi connectivity index (χ2v) is 7.33. The number of phenolic OH excluding ortho intramolecular Hbond substituents is 1. The molecule has 0 atom stereocenters. The molecule has 0 spiro atoms. The van der Waals surface area contributed by atoms with Gasteiger partial charge in [0, 0.05) is 22.7 Å². The van der Waals surface area contributed by atoms with Gasteiger partial charge in [-0.1, -0.05) is 5.92 Å². The quantitative estimate of drug-likeness (QED) is 0.752. The van der Waals surface area contributed by atoms with Crippen LogP contribution in [-0.4, -0.2) is 32.1 Å². The Bertz CT molecular complexity index is 875. The van der Waals surface area contributed by atoms with Gasteiger partial charge in [-0.3, -0.25) is 0 Å². The fourth-order valence-corrected chi connectivity index (χ4v) is 3.94. The summed E-state index contributed by atoms with van der Waals surface area (Å²) in [5.41, 5.74) is 3.80. The summed E-state index contributed by atoms with van der Waals surface area (Å²) in [6.45, 7) is 1.85. The van der Waals surface area contributed by atoms with Gasteiger partial charge in [-0.25, -0.2) is 0 Å². The molecule has 1 aromatic heterocycles. The molecule has 128 valence electrons. The third kappa shape index (κ3) is 2.83. The third-order valence-corrected chi connectivity index (χ3v) is 5.17. The number of nitrogens with zero attached hydrogens (tertiary/aromatic N) is 2. The Morgan fingerprint density at radius 2 is 2.00 bits per heavy atom. The zero-order valence-electron chi connectivity index (χ0n) is 14.2. The second-order valence-electron chi connectivity index (χ2n) is 7.33. The van der Waals surface area contributed by atoms with Crippen LogP contribution in [0.15, 0.2) is 18.2 Å². The molecule has 2 aliphatic carbocycles. The van der Waals surface area contributed by atoms with Gasteiger partial charge >= 0.3 is 0 Å². The van der Waals surface area contributed by atoms with E-state index in [2.05, 4.69) is 21.4 Å². The van der Waals surface area contributed by atoms with Crippen LogP contribution in [0.4, 0.5) is 5.82 Å². The minimum absolute atomic E-state index is 0.134. The average Bonchev–Trinajstić information content (AvgIpc) is 3.04. The molecule has 5 heteroatoms. The van der Waals surface area contributed by atoms with Crippen molar-refractivity contribution in [2.24, 2.45) is 0 Å². The molecule has 0 amide bonds. The highest BCUT2D eigenvalue weighted by atomic mass is 16.3. The van der Waals surface area contributed by atoms with Crippen LogP contribution in [-0.2, 0) is 12.8 Å².